The van der Waals surface area contributed by atoms with Crippen LogP contribution in [0.25, 0.3) is 44.7 Å². The molecule has 0 saturated heterocycles. The van der Waals surface area contributed by atoms with Gasteiger partial charge < -0.3 is 13.6 Å². The van der Waals surface area contributed by atoms with E-state index in [9.17, 15) is 14.4 Å². The molecular formula is C24H14N2O6. The highest BCUT2D eigenvalue weighted by Crippen LogP contribution is 2.30. The number of hydrogen-bond donors (Lipinski definition) is 0. The maximum atomic E-state index is 12.4. The first-order chi connectivity index (χ1) is 15.5. The van der Waals surface area contributed by atoms with Crippen molar-refractivity contribution in [2.75, 3.05) is 0 Å². The zero-order chi connectivity index (χ0) is 22.2. The summed E-state index contributed by atoms with van der Waals surface area (Å²) in [6.07, 6.45) is 0. The number of para-hydroxylation sites is 2. The molecule has 0 N–H and O–H groups in total. The lowest BCUT2D eigenvalue weighted by Crippen LogP contribution is -2.05. The van der Waals surface area contributed by atoms with E-state index >= 15 is 0 Å². The predicted octanol–water partition coefficient (Wildman–Crippen LogP) is 3.95. The Labute approximate surface area is 179 Å². The highest BCUT2D eigenvalue weighted by atomic mass is 16.5. The zero-order valence-corrected chi connectivity index (χ0v) is 16.7. The van der Waals surface area contributed by atoms with Crippen molar-refractivity contribution >= 4 is 27.8 Å². The molecule has 2 aromatic heterocycles. The number of hydrogen-bond acceptors (Lipinski definition) is 8. The fraction of sp³-hybridized carbons (Fsp3) is 0.0417. The molecule has 0 aliphatic carbocycles. The van der Waals surface area contributed by atoms with Gasteiger partial charge in [-0.05, 0) is 42.5 Å². The highest BCUT2D eigenvalue weighted by molar-refractivity contribution is 5.81. The smallest absolute Gasteiger partial charge is 0.347 e. The van der Waals surface area contributed by atoms with Gasteiger partial charge in [0.25, 0.3) is 0 Å². The molecule has 32 heavy (non-hydrogen) atoms. The average Bonchev–Trinajstić information content (AvgIpc) is 2.78. The van der Waals surface area contributed by atoms with Crippen LogP contribution in [0.1, 0.15) is 6.92 Å². The Kier molecular flexibility index (Phi) is 4.59. The number of fused-ring (bicyclic) bond motifs is 2. The molecule has 156 valence electrons. The van der Waals surface area contributed by atoms with Gasteiger partial charge in [-0.1, -0.05) is 24.3 Å². The van der Waals surface area contributed by atoms with E-state index in [1.807, 2.05) is 0 Å². The van der Waals surface area contributed by atoms with E-state index in [2.05, 4.69) is 9.97 Å². The minimum absolute atomic E-state index is 0.0205. The number of nitrogens with zero attached hydrogens (tertiary/aromatic N) is 2. The van der Waals surface area contributed by atoms with Crippen molar-refractivity contribution in [2.24, 2.45) is 0 Å². The van der Waals surface area contributed by atoms with Crippen LogP contribution in [-0.4, -0.2) is 15.9 Å². The number of rotatable bonds is 3. The van der Waals surface area contributed by atoms with Gasteiger partial charge in [-0.2, -0.15) is 0 Å². The van der Waals surface area contributed by atoms with Crippen molar-refractivity contribution in [3.63, 3.8) is 0 Å². The van der Waals surface area contributed by atoms with Gasteiger partial charge in [0, 0.05) is 18.1 Å². The van der Waals surface area contributed by atoms with Crippen LogP contribution in [0.2, 0.25) is 0 Å². The standard InChI is InChI=1S/C24H14N2O6/c1-13(27)30-16-11-14(21-25-19-8-4-2-6-17(19)23(28)31-21)10-15(12-16)22-26-20-9-5-3-7-18(20)24(29)32-22/h2-12H,1H3. The molecular weight excluding hydrogens is 412 g/mol. The molecule has 5 rings (SSSR count). The predicted molar refractivity (Wildman–Crippen MR) is 116 cm³/mol. The molecule has 8 heteroatoms. The Bertz CT molecular complexity index is 1520. The third-order valence-corrected chi connectivity index (χ3v) is 4.73. The Hall–Kier alpha value is -4.59. The summed E-state index contributed by atoms with van der Waals surface area (Å²) in [5.74, 6) is -0.353. The molecule has 0 radical (unpaired) electrons. The highest BCUT2D eigenvalue weighted by Gasteiger charge is 2.16. The molecule has 0 unspecified atom stereocenters. The normalized spacial score (nSPS) is 11.0. The van der Waals surface area contributed by atoms with E-state index in [4.69, 9.17) is 13.6 Å². The van der Waals surface area contributed by atoms with Crippen molar-refractivity contribution in [1.82, 2.24) is 9.97 Å². The maximum absolute atomic E-state index is 12.4. The molecule has 0 bridgehead atoms. The number of ether oxygens (including phenoxy) is 1. The Morgan fingerprint density at radius 1 is 0.750 bits per heavy atom. The maximum Gasteiger partial charge on any atom is 0.347 e. The van der Waals surface area contributed by atoms with Gasteiger partial charge in [0.2, 0.25) is 11.8 Å². The zero-order valence-electron chi connectivity index (χ0n) is 16.7. The molecule has 5 aromatic rings. The summed E-state index contributed by atoms with van der Waals surface area (Å²) in [7, 11) is 0. The lowest BCUT2D eigenvalue weighted by molar-refractivity contribution is -0.131. The summed E-state index contributed by atoms with van der Waals surface area (Å²) in [6, 6.07) is 18.2. The molecule has 3 aromatic carbocycles. The summed E-state index contributed by atoms with van der Waals surface area (Å²) in [5, 5.41) is 0.685. The largest absolute Gasteiger partial charge is 0.427 e. The van der Waals surface area contributed by atoms with Crippen LogP contribution in [0.5, 0.6) is 5.75 Å². The second-order valence-corrected chi connectivity index (χ2v) is 6.99. The number of benzene rings is 3. The van der Waals surface area contributed by atoms with Crippen molar-refractivity contribution in [2.45, 2.75) is 6.92 Å². The summed E-state index contributed by atoms with van der Waals surface area (Å²) in [5.41, 5.74) is 0.487. The number of carbonyl (C=O) groups is 1. The average molecular weight is 426 g/mol. The number of esters is 1. The molecule has 0 aliphatic heterocycles. The minimum Gasteiger partial charge on any atom is -0.427 e. The molecule has 0 fully saturated rings. The number of carbonyl (C=O) groups excluding carboxylic acids is 1. The van der Waals surface area contributed by atoms with Crippen molar-refractivity contribution < 1.29 is 18.4 Å². The Balaban J connectivity index is 1.73. The number of aromatic nitrogens is 2. The minimum atomic E-state index is -0.555. The van der Waals surface area contributed by atoms with Crippen molar-refractivity contribution in [3.8, 4) is 28.7 Å². The first-order valence-electron chi connectivity index (χ1n) is 9.62. The van der Waals surface area contributed by atoms with Crippen molar-refractivity contribution in [3.05, 3.63) is 87.6 Å². The summed E-state index contributed by atoms with van der Waals surface area (Å²) in [6.45, 7) is 1.26. The molecule has 8 nitrogen and oxygen atoms in total. The van der Waals surface area contributed by atoms with E-state index < -0.39 is 17.2 Å². The summed E-state index contributed by atoms with van der Waals surface area (Å²) in [4.78, 5) is 45.2. The van der Waals surface area contributed by atoms with Crippen LogP contribution in [0.4, 0.5) is 0 Å². The second-order valence-electron chi connectivity index (χ2n) is 6.99. The third kappa shape index (κ3) is 3.54. The molecule has 2 heterocycles. The van der Waals surface area contributed by atoms with Gasteiger partial charge in [-0.3, -0.25) is 4.79 Å². The van der Waals surface area contributed by atoms with E-state index in [1.165, 1.54) is 19.1 Å². The Morgan fingerprint density at radius 3 is 1.69 bits per heavy atom. The van der Waals surface area contributed by atoms with Crippen LogP contribution in [-0.2, 0) is 4.79 Å². The van der Waals surface area contributed by atoms with E-state index in [0.717, 1.165) is 0 Å². The molecule has 0 aliphatic rings. The first kappa shape index (κ1) is 19.4. The third-order valence-electron chi connectivity index (χ3n) is 4.73. The van der Waals surface area contributed by atoms with Gasteiger partial charge in [0.15, 0.2) is 0 Å². The monoisotopic (exact) mass is 426 g/mol. The fourth-order valence-electron chi connectivity index (χ4n) is 3.36. The topological polar surface area (TPSA) is 113 Å². The van der Waals surface area contributed by atoms with Gasteiger partial charge in [-0.25, -0.2) is 19.6 Å². The van der Waals surface area contributed by atoms with Crippen molar-refractivity contribution in [1.29, 1.82) is 0 Å². The molecule has 0 atom stereocenters. The molecule has 0 amide bonds. The van der Waals surface area contributed by atoms with E-state index in [1.54, 1.807) is 54.6 Å². The van der Waals surface area contributed by atoms with Gasteiger partial charge in [0.1, 0.15) is 5.75 Å². The quantitative estimate of drug-likeness (QED) is 0.315. The van der Waals surface area contributed by atoms with Crippen LogP contribution >= 0.6 is 0 Å². The van der Waals surface area contributed by atoms with E-state index in [0.29, 0.717) is 32.9 Å². The SMILES string of the molecule is CC(=O)Oc1cc(-c2nc3ccccc3c(=O)o2)cc(-c2nc3ccccc3c(=O)o2)c1. The van der Waals surface area contributed by atoms with Crippen LogP contribution in [0, 0.1) is 0 Å². The van der Waals surface area contributed by atoms with E-state index in [-0.39, 0.29) is 17.5 Å². The summed E-state index contributed by atoms with van der Waals surface area (Å²) >= 11 is 0. The van der Waals surface area contributed by atoms with Crippen LogP contribution in [0.3, 0.4) is 0 Å². The van der Waals surface area contributed by atoms with Gasteiger partial charge in [-0.15, -0.1) is 0 Å². The molecule has 0 spiro atoms. The van der Waals surface area contributed by atoms with Gasteiger partial charge in [0.05, 0.1) is 21.8 Å². The summed E-state index contributed by atoms with van der Waals surface area (Å²) < 4.78 is 16.0. The fourth-order valence-corrected chi connectivity index (χ4v) is 3.36. The van der Waals surface area contributed by atoms with Crippen LogP contribution in [0.15, 0.2) is 85.2 Å². The lowest BCUT2D eigenvalue weighted by atomic mass is 10.1. The molecule has 0 saturated carbocycles. The first-order valence-corrected chi connectivity index (χ1v) is 9.62. The van der Waals surface area contributed by atoms with Gasteiger partial charge >= 0.3 is 17.2 Å². The Morgan fingerprint density at radius 2 is 1.22 bits per heavy atom. The van der Waals surface area contributed by atoms with Crippen LogP contribution < -0.4 is 16.0 Å². The second kappa shape index (κ2) is 7.59. The lowest BCUT2D eigenvalue weighted by Gasteiger charge is -2.09.